The summed E-state index contributed by atoms with van der Waals surface area (Å²) in [4.78, 5) is 0. The molecule has 0 heterocycles. The van der Waals surface area contributed by atoms with Crippen LogP contribution in [0.15, 0.2) is 42.5 Å². The molecule has 0 aromatic heterocycles. The van der Waals surface area contributed by atoms with Gasteiger partial charge in [-0.25, -0.2) is 0 Å². The highest BCUT2D eigenvalue weighted by atomic mass is 14.1. The average molecular weight is 174 g/mol. The monoisotopic (exact) mass is 174 g/mol. The molecule has 0 saturated carbocycles. The quantitative estimate of drug-likeness (QED) is 0.608. The maximum atomic E-state index is 4.07. The summed E-state index contributed by atoms with van der Waals surface area (Å²) in [6.07, 6.45) is 2.21. The van der Waals surface area contributed by atoms with E-state index in [4.69, 9.17) is 0 Å². The lowest BCUT2D eigenvalue weighted by Gasteiger charge is -2.12. The normalized spacial score (nSPS) is 12.5. The van der Waals surface area contributed by atoms with E-state index in [0.717, 1.165) is 12.8 Å². The SMILES string of the molecule is C=C(CC)[C@@H](C)Cc1ccccc1. The summed E-state index contributed by atoms with van der Waals surface area (Å²) < 4.78 is 0. The minimum atomic E-state index is 0.604. The van der Waals surface area contributed by atoms with E-state index in [2.05, 4.69) is 50.8 Å². The average Bonchev–Trinajstić information content (AvgIpc) is 2.18. The van der Waals surface area contributed by atoms with Crippen molar-refractivity contribution in [1.29, 1.82) is 0 Å². The molecular weight excluding hydrogens is 156 g/mol. The van der Waals surface area contributed by atoms with Gasteiger partial charge in [-0.15, -0.1) is 0 Å². The van der Waals surface area contributed by atoms with Gasteiger partial charge in [0.05, 0.1) is 0 Å². The second-order valence-corrected chi connectivity index (χ2v) is 3.60. The summed E-state index contributed by atoms with van der Waals surface area (Å²) in [7, 11) is 0. The fourth-order valence-corrected chi connectivity index (χ4v) is 1.46. The van der Waals surface area contributed by atoms with E-state index < -0.39 is 0 Å². The molecule has 0 bridgehead atoms. The molecule has 0 amide bonds. The van der Waals surface area contributed by atoms with Gasteiger partial charge in [0.15, 0.2) is 0 Å². The minimum absolute atomic E-state index is 0.604. The van der Waals surface area contributed by atoms with Gasteiger partial charge in [-0.1, -0.05) is 56.3 Å². The molecule has 13 heavy (non-hydrogen) atoms. The topological polar surface area (TPSA) is 0 Å². The van der Waals surface area contributed by atoms with Gasteiger partial charge in [-0.3, -0.25) is 0 Å². The molecule has 1 aromatic rings. The summed E-state index contributed by atoms with van der Waals surface area (Å²) in [6.45, 7) is 8.49. The van der Waals surface area contributed by atoms with Crippen LogP contribution in [-0.4, -0.2) is 0 Å². The van der Waals surface area contributed by atoms with Crippen molar-refractivity contribution in [3.05, 3.63) is 48.0 Å². The van der Waals surface area contributed by atoms with Crippen molar-refractivity contribution in [2.24, 2.45) is 5.92 Å². The van der Waals surface area contributed by atoms with E-state index in [0.29, 0.717) is 5.92 Å². The zero-order valence-corrected chi connectivity index (χ0v) is 8.59. The second-order valence-electron chi connectivity index (χ2n) is 3.60. The van der Waals surface area contributed by atoms with Gasteiger partial charge in [0.1, 0.15) is 0 Å². The van der Waals surface area contributed by atoms with Crippen LogP contribution in [-0.2, 0) is 6.42 Å². The lowest BCUT2D eigenvalue weighted by Crippen LogP contribution is -2.01. The smallest absolute Gasteiger partial charge is 0.0194 e. The van der Waals surface area contributed by atoms with E-state index >= 15 is 0 Å². The number of rotatable bonds is 4. The van der Waals surface area contributed by atoms with Crippen LogP contribution in [0.3, 0.4) is 0 Å². The molecule has 1 rings (SSSR count). The van der Waals surface area contributed by atoms with E-state index in [1.165, 1.54) is 11.1 Å². The predicted molar refractivity (Wildman–Crippen MR) is 58.7 cm³/mol. The van der Waals surface area contributed by atoms with Gasteiger partial charge < -0.3 is 0 Å². The van der Waals surface area contributed by atoms with E-state index in [9.17, 15) is 0 Å². The van der Waals surface area contributed by atoms with Crippen LogP contribution in [0.2, 0.25) is 0 Å². The molecule has 0 spiro atoms. The first kappa shape index (κ1) is 10.0. The van der Waals surface area contributed by atoms with Crippen LogP contribution < -0.4 is 0 Å². The van der Waals surface area contributed by atoms with E-state index in [1.54, 1.807) is 0 Å². The number of allylic oxidation sites excluding steroid dienone is 1. The first-order valence-electron chi connectivity index (χ1n) is 4.95. The first-order valence-corrected chi connectivity index (χ1v) is 4.95. The van der Waals surface area contributed by atoms with E-state index in [-0.39, 0.29) is 0 Å². The maximum Gasteiger partial charge on any atom is -0.0194 e. The van der Waals surface area contributed by atoms with Crippen molar-refractivity contribution in [2.45, 2.75) is 26.7 Å². The highest BCUT2D eigenvalue weighted by molar-refractivity contribution is 5.17. The number of hydrogen-bond acceptors (Lipinski definition) is 0. The van der Waals surface area contributed by atoms with Crippen LogP contribution >= 0.6 is 0 Å². The third-order valence-corrected chi connectivity index (χ3v) is 2.54. The Bertz CT molecular complexity index is 259. The third-order valence-electron chi connectivity index (χ3n) is 2.54. The Morgan fingerprint density at radius 1 is 1.31 bits per heavy atom. The Kier molecular flexibility index (Phi) is 3.75. The highest BCUT2D eigenvalue weighted by Gasteiger charge is 2.05. The van der Waals surface area contributed by atoms with Crippen molar-refractivity contribution in [3.8, 4) is 0 Å². The molecule has 0 unspecified atom stereocenters. The molecule has 0 aliphatic rings. The molecule has 0 N–H and O–H groups in total. The Morgan fingerprint density at radius 2 is 1.92 bits per heavy atom. The molecule has 1 atom stereocenters. The van der Waals surface area contributed by atoms with Gasteiger partial charge in [-0.2, -0.15) is 0 Å². The molecular formula is C13H18. The molecule has 0 aliphatic carbocycles. The molecule has 0 radical (unpaired) electrons. The summed E-state index contributed by atoms with van der Waals surface area (Å²) >= 11 is 0. The number of benzene rings is 1. The van der Waals surface area contributed by atoms with Gasteiger partial charge in [0.2, 0.25) is 0 Å². The summed E-state index contributed by atoms with van der Waals surface area (Å²) in [5, 5.41) is 0. The fraction of sp³-hybridized carbons (Fsp3) is 0.385. The Hall–Kier alpha value is -1.04. The standard InChI is InChI=1S/C13H18/c1-4-11(2)12(3)10-13-8-6-5-7-9-13/h5-9,12H,2,4,10H2,1,3H3/t12-/m0/s1. The summed E-state index contributed by atoms with van der Waals surface area (Å²) in [5.74, 6) is 0.604. The Morgan fingerprint density at radius 3 is 2.46 bits per heavy atom. The lowest BCUT2D eigenvalue weighted by molar-refractivity contribution is 0.656. The maximum absolute atomic E-state index is 4.07. The highest BCUT2D eigenvalue weighted by Crippen LogP contribution is 2.17. The van der Waals surface area contributed by atoms with Crippen molar-refractivity contribution < 1.29 is 0 Å². The summed E-state index contributed by atoms with van der Waals surface area (Å²) in [6, 6.07) is 10.6. The van der Waals surface area contributed by atoms with Gasteiger partial charge in [0, 0.05) is 0 Å². The molecule has 0 aliphatic heterocycles. The van der Waals surface area contributed by atoms with Crippen LogP contribution in [0.1, 0.15) is 25.8 Å². The summed E-state index contributed by atoms with van der Waals surface area (Å²) in [5.41, 5.74) is 2.76. The van der Waals surface area contributed by atoms with Crippen molar-refractivity contribution in [3.63, 3.8) is 0 Å². The van der Waals surface area contributed by atoms with Crippen LogP contribution in [0.4, 0.5) is 0 Å². The molecule has 0 fully saturated rings. The van der Waals surface area contributed by atoms with Gasteiger partial charge >= 0.3 is 0 Å². The largest absolute Gasteiger partial charge is 0.0996 e. The third kappa shape index (κ3) is 3.06. The molecule has 0 nitrogen and oxygen atoms in total. The minimum Gasteiger partial charge on any atom is -0.0996 e. The lowest BCUT2D eigenvalue weighted by atomic mass is 9.93. The molecule has 0 saturated heterocycles. The second kappa shape index (κ2) is 4.86. The van der Waals surface area contributed by atoms with Crippen LogP contribution in [0.25, 0.3) is 0 Å². The zero-order chi connectivity index (χ0) is 9.68. The van der Waals surface area contributed by atoms with Gasteiger partial charge in [-0.05, 0) is 24.3 Å². The van der Waals surface area contributed by atoms with Gasteiger partial charge in [0.25, 0.3) is 0 Å². The van der Waals surface area contributed by atoms with Crippen LogP contribution in [0.5, 0.6) is 0 Å². The van der Waals surface area contributed by atoms with Crippen molar-refractivity contribution >= 4 is 0 Å². The zero-order valence-electron chi connectivity index (χ0n) is 8.59. The fourth-order valence-electron chi connectivity index (χ4n) is 1.46. The number of hydrogen-bond donors (Lipinski definition) is 0. The Balaban J connectivity index is 2.55. The molecule has 0 heteroatoms. The molecule has 70 valence electrons. The first-order chi connectivity index (χ1) is 6.24. The van der Waals surface area contributed by atoms with Crippen molar-refractivity contribution in [1.82, 2.24) is 0 Å². The Labute approximate surface area is 81.3 Å². The van der Waals surface area contributed by atoms with Crippen LogP contribution in [0, 0.1) is 5.92 Å². The predicted octanol–water partition coefficient (Wildman–Crippen LogP) is 3.83. The van der Waals surface area contributed by atoms with Crippen molar-refractivity contribution in [2.75, 3.05) is 0 Å². The van der Waals surface area contributed by atoms with E-state index in [1.807, 2.05) is 0 Å². The molecule has 1 aromatic carbocycles.